The van der Waals surface area contributed by atoms with E-state index in [0.717, 1.165) is 6.07 Å². The van der Waals surface area contributed by atoms with E-state index in [0.29, 0.717) is 11.4 Å². The first-order chi connectivity index (χ1) is 15.3. The molecule has 0 fully saturated rings. The summed E-state index contributed by atoms with van der Waals surface area (Å²) in [5.74, 6) is -0.788. The minimum atomic E-state index is -4.54. The van der Waals surface area contributed by atoms with Gasteiger partial charge in [-0.25, -0.2) is 9.07 Å². The minimum absolute atomic E-state index is 0.0667. The molecule has 164 valence electrons. The van der Waals surface area contributed by atoms with Gasteiger partial charge in [0.15, 0.2) is 11.5 Å². The van der Waals surface area contributed by atoms with E-state index in [9.17, 15) is 22.4 Å². The minimum Gasteiger partial charge on any atom is -0.346 e. The first-order valence-electron chi connectivity index (χ1n) is 9.57. The molecule has 1 N–H and O–H groups in total. The topological polar surface area (TPSA) is 64.7 Å². The highest BCUT2D eigenvalue weighted by Crippen LogP contribution is 2.31. The lowest BCUT2D eigenvalue weighted by atomic mass is 10.1. The van der Waals surface area contributed by atoms with Crippen LogP contribution in [-0.2, 0) is 19.3 Å². The number of carbonyl (C=O) groups is 1. The van der Waals surface area contributed by atoms with Crippen LogP contribution < -0.4 is 5.32 Å². The van der Waals surface area contributed by atoms with Crippen LogP contribution >= 0.6 is 0 Å². The van der Waals surface area contributed by atoms with E-state index in [-0.39, 0.29) is 24.3 Å². The van der Waals surface area contributed by atoms with Gasteiger partial charge in [-0.3, -0.25) is 4.79 Å². The molecule has 4 aromatic rings. The molecule has 6 nitrogen and oxygen atoms in total. The molecule has 4 rings (SSSR count). The molecule has 0 unspecified atom stereocenters. The van der Waals surface area contributed by atoms with Crippen molar-refractivity contribution in [1.29, 1.82) is 0 Å². The monoisotopic (exact) mass is 443 g/mol. The Morgan fingerprint density at radius 1 is 1.00 bits per heavy atom. The van der Waals surface area contributed by atoms with Crippen LogP contribution in [0.15, 0.2) is 73.1 Å². The smallest absolute Gasteiger partial charge is 0.346 e. The van der Waals surface area contributed by atoms with Crippen LogP contribution in [0.1, 0.15) is 27.2 Å². The van der Waals surface area contributed by atoms with Crippen LogP contribution in [0, 0.1) is 5.82 Å². The van der Waals surface area contributed by atoms with Crippen molar-refractivity contribution >= 4 is 5.91 Å². The van der Waals surface area contributed by atoms with Crippen molar-refractivity contribution in [2.45, 2.75) is 19.3 Å². The number of amides is 1. The number of nitrogens with zero attached hydrogens (tertiary/aromatic N) is 4. The summed E-state index contributed by atoms with van der Waals surface area (Å²) >= 11 is 0. The number of hydrogen-bond donors (Lipinski definition) is 1. The summed E-state index contributed by atoms with van der Waals surface area (Å²) in [6, 6.07) is 14.4. The van der Waals surface area contributed by atoms with Crippen LogP contribution in [0.5, 0.6) is 0 Å². The Hall–Kier alpha value is -3.95. The van der Waals surface area contributed by atoms with Crippen LogP contribution in [0.2, 0.25) is 0 Å². The summed E-state index contributed by atoms with van der Waals surface area (Å²) in [5, 5.41) is 10.4. The lowest BCUT2D eigenvalue weighted by Crippen LogP contribution is -2.26. The van der Waals surface area contributed by atoms with Gasteiger partial charge in [0.1, 0.15) is 5.82 Å². The summed E-state index contributed by atoms with van der Waals surface area (Å²) in [6.45, 7) is -0.196. The van der Waals surface area contributed by atoms with Crippen molar-refractivity contribution < 1.29 is 22.4 Å². The molecule has 0 aliphatic carbocycles. The Kier molecular flexibility index (Phi) is 5.76. The number of hydrogen-bond acceptors (Lipinski definition) is 3. The maximum atomic E-state index is 13.6. The molecule has 32 heavy (non-hydrogen) atoms. The Balaban J connectivity index is 1.61. The van der Waals surface area contributed by atoms with E-state index in [4.69, 9.17) is 0 Å². The predicted octanol–water partition coefficient (Wildman–Crippen LogP) is 4.21. The highest BCUT2D eigenvalue weighted by molar-refractivity contribution is 5.95. The molecular weight excluding hydrogens is 426 g/mol. The van der Waals surface area contributed by atoms with Gasteiger partial charge in [-0.05, 0) is 41.5 Å². The average molecular weight is 443 g/mol. The molecule has 0 saturated heterocycles. The molecule has 2 aromatic carbocycles. The van der Waals surface area contributed by atoms with E-state index < -0.39 is 23.5 Å². The third-order valence-corrected chi connectivity index (χ3v) is 4.76. The van der Waals surface area contributed by atoms with Crippen LogP contribution in [0.4, 0.5) is 17.6 Å². The fourth-order valence-corrected chi connectivity index (χ4v) is 3.31. The number of benzene rings is 2. The maximum Gasteiger partial charge on any atom is 0.416 e. The number of halogens is 4. The molecule has 0 saturated carbocycles. The van der Waals surface area contributed by atoms with Gasteiger partial charge in [-0.1, -0.05) is 35.5 Å². The van der Waals surface area contributed by atoms with Crippen LogP contribution in [0.3, 0.4) is 0 Å². The van der Waals surface area contributed by atoms with Gasteiger partial charge in [0.25, 0.3) is 5.91 Å². The van der Waals surface area contributed by atoms with Crippen molar-refractivity contribution in [3.05, 3.63) is 101 Å². The second-order valence-electron chi connectivity index (χ2n) is 6.98. The zero-order chi connectivity index (χ0) is 22.7. The Bertz CT molecular complexity index is 1230. The van der Waals surface area contributed by atoms with E-state index >= 15 is 0 Å². The van der Waals surface area contributed by atoms with Gasteiger partial charge in [-0.2, -0.15) is 13.2 Å². The molecule has 2 heterocycles. The largest absolute Gasteiger partial charge is 0.416 e. The standard InChI is InChI=1S/C22H17F4N5O/c23-17-8-5-6-15(12-17)14-31-21(30-10-3-4-11-30)19(28-29-31)20(32)27-13-16-7-1-2-9-18(16)22(24,25)26/h1-12H,13-14H2,(H,27,32). The molecule has 0 radical (unpaired) electrons. The third-order valence-electron chi connectivity index (χ3n) is 4.76. The first kappa shape index (κ1) is 21.3. The Morgan fingerprint density at radius 3 is 2.47 bits per heavy atom. The van der Waals surface area contributed by atoms with Crippen molar-refractivity contribution in [3.63, 3.8) is 0 Å². The molecule has 2 aromatic heterocycles. The second kappa shape index (κ2) is 8.66. The van der Waals surface area contributed by atoms with E-state index in [2.05, 4.69) is 15.6 Å². The first-order valence-corrected chi connectivity index (χ1v) is 9.57. The zero-order valence-electron chi connectivity index (χ0n) is 16.6. The fraction of sp³-hybridized carbons (Fsp3) is 0.136. The van der Waals surface area contributed by atoms with Crippen molar-refractivity contribution in [2.75, 3.05) is 0 Å². The van der Waals surface area contributed by atoms with E-state index in [1.165, 1.54) is 35.0 Å². The zero-order valence-corrected chi connectivity index (χ0v) is 16.6. The summed E-state index contributed by atoms with van der Waals surface area (Å²) in [6.07, 6.45) is -1.18. The SMILES string of the molecule is O=C(NCc1ccccc1C(F)(F)F)c1nnn(Cc2cccc(F)c2)c1-n1cccc1. The van der Waals surface area contributed by atoms with Crippen molar-refractivity contribution in [2.24, 2.45) is 0 Å². The second-order valence-corrected chi connectivity index (χ2v) is 6.98. The van der Waals surface area contributed by atoms with Crippen molar-refractivity contribution in [3.8, 4) is 5.82 Å². The van der Waals surface area contributed by atoms with Gasteiger partial charge in [0, 0.05) is 18.9 Å². The number of nitrogens with one attached hydrogen (secondary N) is 1. The summed E-state index contributed by atoms with van der Waals surface area (Å²) in [5.41, 5.74) is -0.347. The van der Waals surface area contributed by atoms with Gasteiger partial charge < -0.3 is 9.88 Å². The number of rotatable bonds is 6. The van der Waals surface area contributed by atoms with Gasteiger partial charge in [0.05, 0.1) is 12.1 Å². The molecule has 0 spiro atoms. The van der Waals surface area contributed by atoms with Crippen LogP contribution in [0.25, 0.3) is 5.82 Å². The van der Waals surface area contributed by atoms with Gasteiger partial charge in [0.2, 0.25) is 0 Å². The Morgan fingerprint density at radius 2 is 1.75 bits per heavy atom. The molecule has 1 amide bonds. The van der Waals surface area contributed by atoms with Gasteiger partial charge in [-0.15, -0.1) is 5.10 Å². The number of carbonyl (C=O) groups excluding carboxylic acids is 1. The average Bonchev–Trinajstić information content (AvgIpc) is 3.41. The number of aromatic nitrogens is 4. The van der Waals surface area contributed by atoms with Crippen LogP contribution in [-0.4, -0.2) is 25.5 Å². The molecule has 0 aliphatic rings. The lowest BCUT2D eigenvalue weighted by Gasteiger charge is -2.13. The highest BCUT2D eigenvalue weighted by Gasteiger charge is 2.33. The molecule has 0 atom stereocenters. The fourth-order valence-electron chi connectivity index (χ4n) is 3.31. The Labute approximate surface area is 180 Å². The molecule has 0 aliphatic heterocycles. The van der Waals surface area contributed by atoms with E-state index in [1.54, 1.807) is 41.2 Å². The molecular formula is C22H17F4N5O. The lowest BCUT2D eigenvalue weighted by molar-refractivity contribution is -0.138. The third kappa shape index (κ3) is 4.53. The van der Waals surface area contributed by atoms with E-state index in [1.807, 2.05) is 0 Å². The maximum absolute atomic E-state index is 13.6. The summed E-state index contributed by atoms with van der Waals surface area (Å²) in [7, 11) is 0. The summed E-state index contributed by atoms with van der Waals surface area (Å²) in [4.78, 5) is 12.8. The molecule has 10 heteroatoms. The van der Waals surface area contributed by atoms with Crippen molar-refractivity contribution in [1.82, 2.24) is 24.9 Å². The quantitative estimate of drug-likeness (QED) is 0.454. The summed E-state index contributed by atoms with van der Waals surface area (Å²) < 4.78 is 56.2. The molecule has 0 bridgehead atoms. The van der Waals surface area contributed by atoms with Gasteiger partial charge >= 0.3 is 6.18 Å². The predicted molar refractivity (Wildman–Crippen MR) is 107 cm³/mol. The highest BCUT2D eigenvalue weighted by atomic mass is 19.4. The number of alkyl halides is 3. The normalized spacial score (nSPS) is 11.5.